The Morgan fingerprint density at radius 3 is 0.694 bits per heavy atom. The van der Waals surface area contributed by atoms with Gasteiger partial charge in [-0.15, -0.1) is 0 Å². The average molecular weight is 1010 g/mol. The number of unbranched alkanes of at least 4 members (excludes halogenated alkanes) is 45. The molecule has 0 aliphatic carbocycles. The van der Waals surface area contributed by atoms with Crippen LogP contribution >= 0.6 is 0 Å². The van der Waals surface area contributed by atoms with E-state index in [9.17, 15) is 14.4 Å². The highest BCUT2D eigenvalue weighted by atomic mass is 16.6. The number of allylic oxidation sites excluding steroid dienone is 4. The van der Waals surface area contributed by atoms with Crippen LogP contribution in [-0.4, -0.2) is 37.2 Å². The van der Waals surface area contributed by atoms with Crippen LogP contribution in [0.2, 0.25) is 0 Å². The van der Waals surface area contributed by atoms with Crippen LogP contribution < -0.4 is 0 Å². The fourth-order valence-corrected chi connectivity index (χ4v) is 9.79. The molecule has 0 aliphatic heterocycles. The molecule has 0 aromatic rings. The number of hydrogen-bond acceptors (Lipinski definition) is 6. The Labute approximate surface area is 449 Å². The van der Waals surface area contributed by atoms with Crippen LogP contribution in [0.3, 0.4) is 0 Å². The van der Waals surface area contributed by atoms with Crippen LogP contribution in [0.1, 0.15) is 361 Å². The van der Waals surface area contributed by atoms with Crippen LogP contribution in [0.15, 0.2) is 24.3 Å². The third kappa shape index (κ3) is 58.8. The summed E-state index contributed by atoms with van der Waals surface area (Å²) >= 11 is 0. The number of hydrogen-bond donors (Lipinski definition) is 0. The molecule has 0 heterocycles. The molecule has 0 spiro atoms. The molecule has 0 radical (unpaired) electrons. The summed E-state index contributed by atoms with van der Waals surface area (Å²) in [5, 5.41) is 0. The fourth-order valence-electron chi connectivity index (χ4n) is 9.79. The van der Waals surface area contributed by atoms with Crippen molar-refractivity contribution in [3.8, 4) is 0 Å². The van der Waals surface area contributed by atoms with Gasteiger partial charge in [0.1, 0.15) is 13.2 Å². The first kappa shape index (κ1) is 69.9. The molecule has 0 aromatic carbocycles. The lowest BCUT2D eigenvalue weighted by atomic mass is 10.0. The zero-order chi connectivity index (χ0) is 52.2. The molecule has 6 nitrogen and oxygen atoms in total. The third-order valence-electron chi connectivity index (χ3n) is 14.7. The quantitative estimate of drug-likeness (QED) is 0.0261. The molecule has 0 fully saturated rings. The molecule has 6 heteroatoms. The molecule has 0 aromatic heterocycles. The summed E-state index contributed by atoms with van der Waals surface area (Å²) in [4.78, 5) is 37.8. The highest BCUT2D eigenvalue weighted by Gasteiger charge is 2.19. The minimum atomic E-state index is -0.768. The minimum Gasteiger partial charge on any atom is -0.462 e. The molecule has 0 saturated carbocycles. The standard InChI is InChI=1S/C66H124O6/c1-4-7-10-13-15-17-19-21-23-24-25-26-27-28-29-30-31-32-33-34-35-36-37-38-39-40-41-42-43-45-46-48-50-53-56-59-65(68)71-62-63(61-70-64(67)58-55-52-12-9-6-3)72-66(69)60-57-54-51-49-47-44-22-20-18-16-14-11-8-5-2/h20,22,24-25,63H,4-19,21,23,26-62H2,1-3H3/b22-20-,25-24-. The van der Waals surface area contributed by atoms with Gasteiger partial charge >= 0.3 is 17.9 Å². The number of carbonyl (C=O) groups is 3. The van der Waals surface area contributed by atoms with Gasteiger partial charge in [0.2, 0.25) is 0 Å². The van der Waals surface area contributed by atoms with Crippen LogP contribution in [0, 0.1) is 0 Å². The Balaban J connectivity index is 3.82. The molecule has 0 N–H and O–H groups in total. The van der Waals surface area contributed by atoms with E-state index in [4.69, 9.17) is 14.2 Å². The minimum absolute atomic E-state index is 0.0703. The molecule has 424 valence electrons. The summed E-state index contributed by atoms with van der Waals surface area (Å²) in [5.41, 5.74) is 0. The average Bonchev–Trinajstić information content (AvgIpc) is 3.38. The third-order valence-corrected chi connectivity index (χ3v) is 14.7. The van der Waals surface area contributed by atoms with E-state index in [0.29, 0.717) is 19.3 Å². The van der Waals surface area contributed by atoms with Gasteiger partial charge in [-0.05, 0) is 70.6 Å². The summed E-state index contributed by atoms with van der Waals surface area (Å²) in [6.07, 6.45) is 74.1. The second-order valence-corrected chi connectivity index (χ2v) is 22.0. The Bertz CT molecular complexity index is 1160. The first-order valence-corrected chi connectivity index (χ1v) is 32.3. The first-order chi connectivity index (χ1) is 35.5. The summed E-state index contributed by atoms with van der Waals surface area (Å²) in [6.45, 7) is 6.58. The monoisotopic (exact) mass is 1010 g/mol. The normalized spacial score (nSPS) is 12.1. The maximum atomic E-state index is 12.8. The van der Waals surface area contributed by atoms with Crippen molar-refractivity contribution in [2.24, 2.45) is 0 Å². The Morgan fingerprint density at radius 2 is 0.458 bits per heavy atom. The fraction of sp³-hybridized carbons (Fsp3) is 0.894. The van der Waals surface area contributed by atoms with Crippen molar-refractivity contribution in [3.05, 3.63) is 24.3 Å². The number of rotatable bonds is 60. The lowest BCUT2D eigenvalue weighted by Gasteiger charge is -2.18. The SMILES string of the molecule is CCCCCCC/C=C\CCCCCCCC(=O)OC(COC(=O)CCCCCCC)COC(=O)CCCCCCCCCCCCCCCCCCCCCCCCC/C=C\CCCCCCCCCC. The summed E-state index contributed by atoms with van der Waals surface area (Å²) < 4.78 is 16.7. The van der Waals surface area contributed by atoms with E-state index < -0.39 is 6.10 Å². The van der Waals surface area contributed by atoms with Crippen molar-refractivity contribution in [2.75, 3.05) is 13.2 Å². The summed E-state index contributed by atoms with van der Waals surface area (Å²) in [7, 11) is 0. The second kappa shape index (κ2) is 61.4. The zero-order valence-corrected chi connectivity index (χ0v) is 48.7. The smallest absolute Gasteiger partial charge is 0.306 e. The van der Waals surface area contributed by atoms with Gasteiger partial charge in [0, 0.05) is 19.3 Å². The van der Waals surface area contributed by atoms with E-state index in [2.05, 4.69) is 45.1 Å². The van der Waals surface area contributed by atoms with Crippen molar-refractivity contribution in [1.29, 1.82) is 0 Å². The molecular formula is C66H124O6. The number of esters is 3. The van der Waals surface area contributed by atoms with Gasteiger partial charge in [-0.2, -0.15) is 0 Å². The van der Waals surface area contributed by atoms with E-state index >= 15 is 0 Å². The van der Waals surface area contributed by atoms with Crippen LogP contribution in [0.25, 0.3) is 0 Å². The molecule has 72 heavy (non-hydrogen) atoms. The Morgan fingerprint density at radius 1 is 0.264 bits per heavy atom. The largest absolute Gasteiger partial charge is 0.462 e. The molecular weight excluding hydrogens is 889 g/mol. The molecule has 0 aliphatic rings. The zero-order valence-electron chi connectivity index (χ0n) is 48.7. The van der Waals surface area contributed by atoms with E-state index in [0.717, 1.165) is 70.6 Å². The Hall–Kier alpha value is -2.11. The van der Waals surface area contributed by atoms with E-state index in [1.165, 1.54) is 250 Å². The van der Waals surface area contributed by atoms with Gasteiger partial charge in [0.05, 0.1) is 0 Å². The summed E-state index contributed by atoms with van der Waals surface area (Å²) in [5.74, 6) is -0.875. The Kier molecular flexibility index (Phi) is 59.6. The molecule has 0 rings (SSSR count). The molecule has 0 bridgehead atoms. The number of carbonyl (C=O) groups excluding carboxylic acids is 3. The first-order valence-electron chi connectivity index (χ1n) is 32.3. The number of ether oxygens (including phenoxy) is 3. The maximum absolute atomic E-state index is 12.8. The van der Waals surface area contributed by atoms with Crippen LogP contribution in [-0.2, 0) is 28.6 Å². The van der Waals surface area contributed by atoms with E-state index in [1.807, 2.05) is 0 Å². The predicted octanol–water partition coefficient (Wildman–Crippen LogP) is 21.8. The molecule has 0 saturated heterocycles. The van der Waals surface area contributed by atoms with Crippen molar-refractivity contribution in [1.82, 2.24) is 0 Å². The van der Waals surface area contributed by atoms with Gasteiger partial charge in [-0.3, -0.25) is 14.4 Å². The van der Waals surface area contributed by atoms with Gasteiger partial charge in [0.25, 0.3) is 0 Å². The van der Waals surface area contributed by atoms with Crippen molar-refractivity contribution in [2.45, 2.75) is 367 Å². The van der Waals surface area contributed by atoms with Gasteiger partial charge in [-0.1, -0.05) is 295 Å². The predicted molar refractivity (Wildman–Crippen MR) is 312 cm³/mol. The molecule has 0 amide bonds. The van der Waals surface area contributed by atoms with Gasteiger partial charge in [0.15, 0.2) is 6.10 Å². The van der Waals surface area contributed by atoms with E-state index in [1.54, 1.807) is 0 Å². The van der Waals surface area contributed by atoms with Gasteiger partial charge < -0.3 is 14.2 Å². The van der Waals surface area contributed by atoms with Gasteiger partial charge in [-0.25, -0.2) is 0 Å². The summed E-state index contributed by atoms with van der Waals surface area (Å²) in [6, 6.07) is 0. The second-order valence-electron chi connectivity index (χ2n) is 22.0. The van der Waals surface area contributed by atoms with E-state index in [-0.39, 0.29) is 31.1 Å². The van der Waals surface area contributed by atoms with Crippen molar-refractivity contribution in [3.63, 3.8) is 0 Å². The highest BCUT2D eigenvalue weighted by Crippen LogP contribution is 2.18. The lowest BCUT2D eigenvalue weighted by Crippen LogP contribution is -2.30. The molecule has 1 atom stereocenters. The van der Waals surface area contributed by atoms with Crippen LogP contribution in [0.4, 0.5) is 0 Å². The van der Waals surface area contributed by atoms with Crippen molar-refractivity contribution < 1.29 is 28.6 Å². The molecule has 1 unspecified atom stereocenters. The lowest BCUT2D eigenvalue weighted by molar-refractivity contribution is -0.167. The van der Waals surface area contributed by atoms with Crippen LogP contribution in [0.5, 0.6) is 0 Å². The topological polar surface area (TPSA) is 78.9 Å². The van der Waals surface area contributed by atoms with Crippen molar-refractivity contribution >= 4 is 17.9 Å². The highest BCUT2D eigenvalue weighted by molar-refractivity contribution is 5.71. The maximum Gasteiger partial charge on any atom is 0.306 e.